The Morgan fingerprint density at radius 2 is 1.00 bits per heavy atom. The number of rotatable bonds is 11. The number of alkyl halides is 4. The summed E-state index contributed by atoms with van der Waals surface area (Å²) < 4.78 is 0. The molecule has 0 N–H and O–H groups in total. The molecule has 0 spiro atoms. The van der Waals surface area contributed by atoms with E-state index >= 15 is 0 Å². The average molecular weight is 340 g/mol. The van der Waals surface area contributed by atoms with E-state index < -0.39 is 0 Å². The Morgan fingerprint density at radius 3 is 1.31 bits per heavy atom. The smallest absolute Gasteiger partial charge is 0.105 e. The molecule has 0 unspecified atom stereocenters. The van der Waals surface area contributed by atoms with Crippen LogP contribution >= 0.6 is 46.4 Å². The minimum Gasteiger partial charge on any atom is -0.105 e. The average Bonchev–Trinajstić information content (AvgIpc) is 2.20. The molecule has 0 aliphatic rings. The van der Waals surface area contributed by atoms with Gasteiger partial charge in [0.1, 0.15) is 9.67 Å². The largest absolute Gasteiger partial charge is 0.107 e. The minimum atomic E-state index is -0.151. The highest BCUT2D eigenvalue weighted by atomic mass is 35.5. The molecule has 0 atom stereocenters. The standard InChI is InChI=1S/C10H22Cl4Si2/c11-9(12)3-1-5-15-7-8-16-6-2-4-10(13)14/h9-10H,1-8,15-16H2. The summed E-state index contributed by atoms with van der Waals surface area (Å²) >= 11 is 22.7. The van der Waals surface area contributed by atoms with E-state index in [1.807, 2.05) is 0 Å². The van der Waals surface area contributed by atoms with Crippen molar-refractivity contribution in [3.8, 4) is 0 Å². The molecule has 0 fully saturated rings. The molecule has 0 bridgehead atoms. The lowest BCUT2D eigenvalue weighted by Gasteiger charge is -2.02. The molecule has 0 aromatic heterocycles. The lowest BCUT2D eigenvalue weighted by atomic mass is 10.4. The van der Waals surface area contributed by atoms with Crippen LogP contribution in [0.25, 0.3) is 0 Å². The van der Waals surface area contributed by atoms with Gasteiger partial charge >= 0.3 is 0 Å². The van der Waals surface area contributed by atoms with Crippen molar-refractivity contribution in [2.75, 3.05) is 0 Å². The minimum absolute atomic E-state index is 0.151. The Morgan fingerprint density at radius 1 is 0.625 bits per heavy atom. The number of halogens is 4. The van der Waals surface area contributed by atoms with Crippen LogP contribution in [0.15, 0.2) is 0 Å². The molecule has 16 heavy (non-hydrogen) atoms. The topological polar surface area (TPSA) is 0 Å². The molecule has 6 heteroatoms. The Kier molecular flexibility index (Phi) is 14.3. The molecular formula is C10H22Cl4Si2. The third kappa shape index (κ3) is 15.6. The summed E-state index contributed by atoms with van der Waals surface area (Å²) in [4.78, 5) is -0.301. The SMILES string of the molecule is ClC(Cl)CCC[SiH2]CC[SiH2]CCCC(Cl)Cl. The van der Waals surface area contributed by atoms with E-state index in [9.17, 15) is 0 Å². The van der Waals surface area contributed by atoms with Crippen LogP contribution in [0, 0.1) is 0 Å². The van der Waals surface area contributed by atoms with Gasteiger partial charge in [-0.25, -0.2) is 0 Å². The first-order chi connectivity index (χ1) is 7.63. The van der Waals surface area contributed by atoms with Crippen molar-refractivity contribution in [2.45, 2.75) is 59.5 Å². The van der Waals surface area contributed by atoms with Gasteiger partial charge in [0.05, 0.1) is 0 Å². The van der Waals surface area contributed by atoms with Gasteiger partial charge in [-0.2, -0.15) is 0 Å². The first kappa shape index (κ1) is 17.6. The molecular weight excluding hydrogens is 318 g/mol. The summed E-state index contributed by atoms with van der Waals surface area (Å²) in [6.45, 7) is 0. The highest BCUT2D eigenvalue weighted by Gasteiger charge is 2.00. The van der Waals surface area contributed by atoms with E-state index in [0.29, 0.717) is 0 Å². The quantitative estimate of drug-likeness (QED) is 0.301. The summed E-state index contributed by atoms with van der Waals surface area (Å²) in [6, 6.07) is 5.87. The first-order valence-corrected chi connectivity index (χ1v) is 11.9. The van der Waals surface area contributed by atoms with E-state index in [0.717, 1.165) is 12.8 Å². The fourth-order valence-corrected chi connectivity index (χ4v) is 7.10. The third-order valence-electron chi connectivity index (χ3n) is 2.59. The molecule has 0 aliphatic heterocycles. The molecule has 0 amide bonds. The summed E-state index contributed by atoms with van der Waals surface area (Å²) in [5.41, 5.74) is 0. The zero-order valence-electron chi connectivity index (χ0n) is 9.74. The van der Waals surface area contributed by atoms with Gasteiger partial charge < -0.3 is 0 Å². The van der Waals surface area contributed by atoms with Gasteiger partial charge in [-0.05, 0) is 12.8 Å². The molecule has 0 heterocycles. The van der Waals surface area contributed by atoms with Crippen molar-refractivity contribution in [3.05, 3.63) is 0 Å². The van der Waals surface area contributed by atoms with Gasteiger partial charge in [0.15, 0.2) is 0 Å². The summed E-state index contributed by atoms with van der Waals surface area (Å²) in [7, 11) is 0.367. The maximum Gasteiger partial charge on any atom is 0.107 e. The number of hydrogen-bond acceptors (Lipinski definition) is 0. The third-order valence-corrected chi connectivity index (χ3v) is 8.47. The van der Waals surface area contributed by atoms with Gasteiger partial charge in [-0.15, -0.1) is 46.4 Å². The van der Waals surface area contributed by atoms with E-state index in [-0.39, 0.29) is 28.7 Å². The summed E-state index contributed by atoms with van der Waals surface area (Å²) in [5.74, 6) is 0. The molecule has 0 aromatic rings. The Labute approximate surface area is 124 Å². The van der Waals surface area contributed by atoms with Crippen LogP contribution in [-0.2, 0) is 0 Å². The zero-order valence-corrected chi connectivity index (χ0v) is 15.6. The molecule has 0 rings (SSSR count). The van der Waals surface area contributed by atoms with Crippen LogP contribution in [0.2, 0.25) is 24.2 Å². The van der Waals surface area contributed by atoms with E-state index in [4.69, 9.17) is 46.4 Å². The molecule has 0 nitrogen and oxygen atoms in total. The highest BCUT2D eigenvalue weighted by Crippen LogP contribution is 2.13. The maximum atomic E-state index is 5.67. The van der Waals surface area contributed by atoms with Crippen molar-refractivity contribution in [3.63, 3.8) is 0 Å². The van der Waals surface area contributed by atoms with Gasteiger partial charge in [-0.3, -0.25) is 0 Å². The normalized spacial score (nSPS) is 13.1. The van der Waals surface area contributed by atoms with Crippen molar-refractivity contribution in [2.24, 2.45) is 0 Å². The highest BCUT2D eigenvalue weighted by molar-refractivity contribution is 6.45. The molecule has 0 saturated carbocycles. The van der Waals surface area contributed by atoms with Crippen molar-refractivity contribution in [1.82, 2.24) is 0 Å². The zero-order chi connectivity index (χ0) is 12.2. The summed E-state index contributed by atoms with van der Waals surface area (Å²) in [5, 5.41) is 0. The van der Waals surface area contributed by atoms with Crippen molar-refractivity contribution in [1.29, 1.82) is 0 Å². The van der Waals surface area contributed by atoms with E-state index in [1.54, 1.807) is 0 Å². The van der Waals surface area contributed by atoms with Crippen molar-refractivity contribution < 1.29 is 0 Å². The Bertz CT molecular complexity index is 129. The fourth-order valence-electron chi connectivity index (χ4n) is 1.66. The monoisotopic (exact) mass is 338 g/mol. The second kappa shape index (κ2) is 13.0. The lowest BCUT2D eigenvalue weighted by Crippen LogP contribution is -1.96. The van der Waals surface area contributed by atoms with Crippen LogP contribution in [-0.4, -0.2) is 28.7 Å². The predicted octanol–water partition coefficient (Wildman–Crippen LogP) is 4.17. The van der Waals surface area contributed by atoms with E-state index in [2.05, 4.69) is 0 Å². The maximum absolute atomic E-state index is 5.67. The second-order valence-electron chi connectivity index (χ2n) is 4.19. The Hall–Kier alpha value is 1.59. The fraction of sp³-hybridized carbons (Fsp3) is 1.00. The molecule has 0 saturated heterocycles. The first-order valence-electron chi connectivity index (χ1n) is 6.19. The molecule has 0 aliphatic carbocycles. The van der Waals surface area contributed by atoms with Gasteiger partial charge in [-0.1, -0.05) is 37.0 Å². The Balaban J connectivity index is 2.93. The van der Waals surface area contributed by atoms with Crippen LogP contribution in [0.1, 0.15) is 25.7 Å². The second-order valence-corrected chi connectivity index (χ2v) is 11.0. The van der Waals surface area contributed by atoms with Crippen LogP contribution in [0.3, 0.4) is 0 Å². The van der Waals surface area contributed by atoms with Crippen molar-refractivity contribution >= 4 is 65.4 Å². The van der Waals surface area contributed by atoms with Gasteiger partial charge in [0, 0.05) is 19.0 Å². The van der Waals surface area contributed by atoms with Gasteiger partial charge in [0.2, 0.25) is 0 Å². The molecule has 0 radical (unpaired) electrons. The number of hydrogen-bond donors (Lipinski definition) is 0. The molecule has 98 valence electrons. The lowest BCUT2D eigenvalue weighted by molar-refractivity contribution is 0.849. The van der Waals surface area contributed by atoms with Crippen LogP contribution in [0.4, 0.5) is 0 Å². The molecule has 0 aromatic carbocycles. The van der Waals surface area contributed by atoms with Crippen LogP contribution < -0.4 is 0 Å². The predicted molar refractivity (Wildman–Crippen MR) is 85.8 cm³/mol. The van der Waals surface area contributed by atoms with E-state index in [1.165, 1.54) is 37.0 Å². The van der Waals surface area contributed by atoms with Crippen LogP contribution in [0.5, 0.6) is 0 Å². The summed E-state index contributed by atoms with van der Waals surface area (Å²) in [6.07, 6.45) is 4.40. The van der Waals surface area contributed by atoms with Gasteiger partial charge in [0.25, 0.3) is 0 Å².